The van der Waals surface area contributed by atoms with Crippen molar-refractivity contribution in [3.63, 3.8) is 0 Å². The highest BCUT2D eigenvalue weighted by Crippen LogP contribution is 2.16. The van der Waals surface area contributed by atoms with Crippen LogP contribution in [0.25, 0.3) is 6.08 Å². The van der Waals surface area contributed by atoms with E-state index >= 15 is 0 Å². The van der Waals surface area contributed by atoms with Gasteiger partial charge >= 0.3 is 0 Å². The predicted octanol–water partition coefficient (Wildman–Crippen LogP) is 3.44. The number of rotatable bonds is 5. The Balaban J connectivity index is 2.10. The minimum atomic E-state index is -0.467. The zero-order chi connectivity index (χ0) is 17.4. The lowest BCUT2D eigenvalue weighted by Gasteiger charge is -2.05. The molecule has 2 aromatic carbocycles. The molecule has 0 aromatic heterocycles. The van der Waals surface area contributed by atoms with Crippen molar-refractivity contribution < 1.29 is 9.53 Å². The number of carbonyl (C=O) groups excluding carboxylic acids is 1. The van der Waals surface area contributed by atoms with Gasteiger partial charge in [-0.05, 0) is 42.8 Å². The minimum Gasteiger partial charge on any atom is -0.479 e. The van der Waals surface area contributed by atoms with Crippen LogP contribution in [0.4, 0.5) is 5.69 Å². The SMILES string of the molecule is Cc1ccc(NC(=O)/C(C#N)=C\c2ccc(OCC#N)cc2)cc1. The van der Waals surface area contributed by atoms with Crippen LogP contribution in [-0.2, 0) is 4.79 Å². The van der Waals surface area contributed by atoms with Gasteiger partial charge in [0.15, 0.2) is 6.61 Å². The molecule has 0 radical (unpaired) electrons. The van der Waals surface area contributed by atoms with Crippen molar-refractivity contribution in [1.29, 1.82) is 10.5 Å². The summed E-state index contributed by atoms with van der Waals surface area (Å²) in [6.45, 7) is 1.92. The number of hydrogen-bond donors (Lipinski definition) is 1. The first-order chi connectivity index (χ1) is 11.6. The van der Waals surface area contributed by atoms with Gasteiger partial charge in [0.1, 0.15) is 23.5 Å². The van der Waals surface area contributed by atoms with Crippen LogP contribution in [0, 0.1) is 29.6 Å². The van der Waals surface area contributed by atoms with Gasteiger partial charge in [-0.3, -0.25) is 4.79 Å². The molecule has 0 bridgehead atoms. The maximum absolute atomic E-state index is 12.2. The molecule has 0 unspecified atom stereocenters. The van der Waals surface area contributed by atoms with E-state index in [0.717, 1.165) is 5.56 Å². The van der Waals surface area contributed by atoms with E-state index in [9.17, 15) is 10.1 Å². The monoisotopic (exact) mass is 317 g/mol. The smallest absolute Gasteiger partial charge is 0.266 e. The molecule has 1 N–H and O–H groups in total. The molecule has 5 nitrogen and oxygen atoms in total. The summed E-state index contributed by atoms with van der Waals surface area (Å²) in [6.07, 6.45) is 1.50. The van der Waals surface area contributed by atoms with Crippen LogP contribution >= 0.6 is 0 Å². The zero-order valence-electron chi connectivity index (χ0n) is 13.1. The van der Waals surface area contributed by atoms with Crippen LogP contribution in [-0.4, -0.2) is 12.5 Å². The number of hydrogen-bond acceptors (Lipinski definition) is 4. The van der Waals surface area contributed by atoms with E-state index in [2.05, 4.69) is 5.32 Å². The second-order valence-corrected chi connectivity index (χ2v) is 5.01. The van der Waals surface area contributed by atoms with Crippen molar-refractivity contribution in [2.75, 3.05) is 11.9 Å². The van der Waals surface area contributed by atoms with Gasteiger partial charge in [0.2, 0.25) is 0 Å². The standard InChI is InChI=1S/C19H15N3O2/c1-14-2-6-17(7-3-14)22-19(23)16(13-21)12-15-4-8-18(9-5-15)24-11-10-20/h2-9,12H,11H2,1H3,(H,22,23)/b16-12-. The fourth-order valence-electron chi connectivity index (χ4n) is 1.93. The lowest BCUT2D eigenvalue weighted by atomic mass is 10.1. The molecule has 0 saturated heterocycles. The fraction of sp³-hybridized carbons (Fsp3) is 0.105. The highest BCUT2D eigenvalue weighted by Gasteiger charge is 2.09. The van der Waals surface area contributed by atoms with E-state index in [-0.39, 0.29) is 12.2 Å². The predicted molar refractivity (Wildman–Crippen MR) is 90.9 cm³/mol. The molecule has 0 aliphatic rings. The molecule has 0 heterocycles. The van der Waals surface area contributed by atoms with E-state index < -0.39 is 5.91 Å². The van der Waals surface area contributed by atoms with Crippen molar-refractivity contribution in [2.24, 2.45) is 0 Å². The highest BCUT2D eigenvalue weighted by atomic mass is 16.5. The van der Waals surface area contributed by atoms with Crippen LogP contribution < -0.4 is 10.1 Å². The molecule has 0 fully saturated rings. The average Bonchev–Trinajstić information content (AvgIpc) is 2.60. The number of carbonyl (C=O) groups is 1. The summed E-state index contributed by atoms with van der Waals surface area (Å²) in [7, 11) is 0. The Labute approximate surface area is 140 Å². The molecular weight excluding hydrogens is 302 g/mol. The van der Waals surface area contributed by atoms with Gasteiger partial charge in [-0.25, -0.2) is 0 Å². The minimum absolute atomic E-state index is 0.00117. The first-order valence-electron chi connectivity index (χ1n) is 7.22. The van der Waals surface area contributed by atoms with E-state index in [1.807, 2.05) is 31.2 Å². The Morgan fingerprint density at radius 3 is 2.38 bits per heavy atom. The van der Waals surface area contributed by atoms with Crippen LogP contribution in [0.5, 0.6) is 5.75 Å². The average molecular weight is 317 g/mol. The number of nitrogens with zero attached hydrogens (tertiary/aromatic N) is 2. The number of aryl methyl sites for hydroxylation is 1. The molecule has 118 valence electrons. The quantitative estimate of drug-likeness (QED) is 0.676. The summed E-state index contributed by atoms with van der Waals surface area (Å²) < 4.78 is 5.15. The molecule has 0 atom stereocenters. The number of ether oxygens (including phenoxy) is 1. The molecule has 0 aliphatic heterocycles. The van der Waals surface area contributed by atoms with Crippen LogP contribution in [0.1, 0.15) is 11.1 Å². The first-order valence-corrected chi connectivity index (χ1v) is 7.22. The number of nitriles is 2. The summed E-state index contributed by atoms with van der Waals surface area (Å²) in [5.41, 5.74) is 2.41. The zero-order valence-corrected chi connectivity index (χ0v) is 13.1. The molecule has 5 heteroatoms. The molecule has 24 heavy (non-hydrogen) atoms. The molecule has 0 spiro atoms. The van der Waals surface area contributed by atoms with Crippen molar-refractivity contribution in [3.8, 4) is 17.9 Å². The normalized spacial score (nSPS) is 10.4. The lowest BCUT2D eigenvalue weighted by Crippen LogP contribution is -2.13. The van der Waals surface area contributed by atoms with Crippen molar-refractivity contribution in [3.05, 3.63) is 65.2 Å². The second kappa shape index (κ2) is 8.17. The van der Waals surface area contributed by atoms with E-state index in [4.69, 9.17) is 10.00 Å². The number of nitrogens with one attached hydrogen (secondary N) is 1. The maximum atomic E-state index is 12.2. The first kappa shape index (κ1) is 16.8. The molecule has 1 amide bonds. The molecule has 0 saturated carbocycles. The van der Waals surface area contributed by atoms with E-state index in [1.165, 1.54) is 6.08 Å². The van der Waals surface area contributed by atoms with Crippen molar-refractivity contribution in [2.45, 2.75) is 6.92 Å². The van der Waals surface area contributed by atoms with E-state index in [1.54, 1.807) is 36.4 Å². The summed E-state index contributed by atoms with van der Waals surface area (Å²) in [5, 5.41) is 20.4. The molecule has 2 aromatic rings. The molecule has 2 rings (SSSR count). The van der Waals surface area contributed by atoms with Crippen molar-refractivity contribution >= 4 is 17.7 Å². The Hall–Kier alpha value is -3.57. The maximum Gasteiger partial charge on any atom is 0.266 e. The van der Waals surface area contributed by atoms with Gasteiger partial charge in [0.25, 0.3) is 5.91 Å². The highest BCUT2D eigenvalue weighted by molar-refractivity contribution is 6.09. The number of benzene rings is 2. The van der Waals surface area contributed by atoms with Gasteiger partial charge < -0.3 is 10.1 Å². The molecular formula is C19H15N3O2. The van der Waals surface area contributed by atoms with Crippen molar-refractivity contribution in [1.82, 2.24) is 0 Å². The van der Waals surface area contributed by atoms with Crippen LogP contribution in [0.2, 0.25) is 0 Å². The fourth-order valence-corrected chi connectivity index (χ4v) is 1.93. The third kappa shape index (κ3) is 4.72. The summed E-state index contributed by atoms with van der Waals surface area (Å²) in [6, 6.07) is 17.9. The van der Waals surface area contributed by atoms with Gasteiger partial charge in [0, 0.05) is 5.69 Å². The Morgan fingerprint density at radius 1 is 1.12 bits per heavy atom. The molecule has 0 aliphatic carbocycles. The summed E-state index contributed by atoms with van der Waals surface area (Å²) in [5.74, 6) is 0.0856. The van der Waals surface area contributed by atoms with Gasteiger partial charge in [-0.2, -0.15) is 10.5 Å². The summed E-state index contributed by atoms with van der Waals surface area (Å²) in [4.78, 5) is 12.2. The Morgan fingerprint density at radius 2 is 1.79 bits per heavy atom. The van der Waals surface area contributed by atoms with Crippen LogP contribution in [0.3, 0.4) is 0 Å². The largest absolute Gasteiger partial charge is 0.479 e. The Bertz CT molecular complexity index is 823. The second-order valence-electron chi connectivity index (χ2n) is 5.01. The Kier molecular flexibility index (Phi) is 5.71. The third-order valence-electron chi connectivity index (χ3n) is 3.17. The lowest BCUT2D eigenvalue weighted by molar-refractivity contribution is -0.112. The number of anilines is 1. The summed E-state index contributed by atoms with van der Waals surface area (Å²) >= 11 is 0. The number of amides is 1. The third-order valence-corrected chi connectivity index (χ3v) is 3.17. The van der Waals surface area contributed by atoms with Crippen LogP contribution in [0.15, 0.2) is 54.1 Å². The van der Waals surface area contributed by atoms with E-state index in [0.29, 0.717) is 17.0 Å². The topological polar surface area (TPSA) is 85.9 Å². The van der Waals surface area contributed by atoms with Gasteiger partial charge in [-0.15, -0.1) is 0 Å². The van der Waals surface area contributed by atoms with Gasteiger partial charge in [0.05, 0.1) is 0 Å². The van der Waals surface area contributed by atoms with Gasteiger partial charge in [-0.1, -0.05) is 29.8 Å².